The van der Waals surface area contributed by atoms with Gasteiger partial charge in [-0.15, -0.1) is 0 Å². The molecule has 3 aromatic heterocycles. The highest BCUT2D eigenvalue weighted by atomic mass is 16.2. The summed E-state index contributed by atoms with van der Waals surface area (Å²) in [4.78, 5) is 34.9. The van der Waals surface area contributed by atoms with Gasteiger partial charge in [0.1, 0.15) is 5.65 Å². The average molecular weight is 413 g/mol. The van der Waals surface area contributed by atoms with Gasteiger partial charge in [0.25, 0.3) is 0 Å². The van der Waals surface area contributed by atoms with E-state index in [1.54, 1.807) is 19.3 Å². The molecule has 0 spiro atoms. The molecular formula is C23H23N7O. The number of hydrogen-bond acceptors (Lipinski definition) is 6. The molecule has 2 N–H and O–H groups in total. The molecule has 1 aliphatic carbocycles. The molecule has 4 heterocycles. The Labute approximate surface area is 179 Å². The third-order valence-electron chi connectivity index (χ3n) is 6.74. The van der Waals surface area contributed by atoms with E-state index in [0.29, 0.717) is 23.8 Å². The number of rotatable bonds is 3. The second kappa shape index (κ2) is 7.01. The van der Waals surface area contributed by atoms with Gasteiger partial charge in [-0.25, -0.2) is 4.98 Å². The number of anilines is 1. The summed E-state index contributed by atoms with van der Waals surface area (Å²) in [7, 11) is 0. The predicted molar refractivity (Wildman–Crippen MR) is 118 cm³/mol. The second-order valence-corrected chi connectivity index (χ2v) is 8.67. The third kappa shape index (κ3) is 3.19. The Morgan fingerprint density at radius 1 is 1.10 bits per heavy atom. The highest BCUT2D eigenvalue weighted by Crippen LogP contribution is 2.39. The first kappa shape index (κ1) is 18.2. The molecule has 3 atom stereocenters. The number of likely N-dealkylation sites (tertiary alicyclic amines) is 1. The lowest BCUT2D eigenvalue weighted by molar-refractivity contribution is -0.128. The van der Waals surface area contributed by atoms with Crippen molar-refractivity contribution in [2.45, 2.75) is 25.8 Å². The van der Waals surface area contributed by atoms with Gasteiger partial charge in [-0.05, 0) is 42.4 Å². The smallest absolute Gasteiger partial charge is 0.224 e. The Hall–Kier alpha value is -3.55. The van der Waals surface area contributed by atoms with E-state index in [2.05, 4.69) is 25.3 Å². The summed E-state index contributed by atoms with van der Waals surface area (Å²) >= 11 is 0. The molecule has 6 rings (SSSR count). The largest absolute Gasteiger partial charge is 0.351 e. The zero-order valence-electron chi connectivity index (χ0n) is 17.2. The molecule has 1 amide bonds. The molecule has 2 fully saturated rings. The summed E-state index contributed by atoms with van der Waals surface area (Å²) in [5.74, 6) is 2.00. The van der Waals surface area contributed by atoms with Crippen LogP contribution in [0.2, 0.25) is 0 Å². The first-order chi connectivity index (χ1) is 15.1. The van der Waals surface area contributed by atoms with Crippen LogP contribution in [0, 0.1) is 11.8 Å². The van der Waals surface area contributed by atoms with Crippen molar-refractivity contribution in [2.75, 3.05) is 18.4 Å². The number of nitrogens with zero attached hydrogens (tertiary/aromatic N) is 5. The molecule has 0 radical (unpaired) electrons. The van der Waals surface area contributed by atoms with Gasteiger partial charge < -0.3 is 15.2 Å². The second-order valence-electron chi connectivity index (χ2n) is 8.67. The van der Waals surface area contributed by atoms with Crippen LogP contribution in [0.4, 0.5) is 5.95 Å². The van der Waals surface area contributed by atoms with Crippen LogP contribution in [-0.2, 0) is 4.79 Å². The Balaban J connectivity index is 1.21. The van der Waals surface area contributed by atoms with Crippen LogP contribution < -0.4 is 5.32 Å². The molecule has 0 bridgehead atoms. The van der Waals surface area contributed by atoms with Gasteiger partial charge in [0.15, 0.2) is 0 Å². The number of carbonyl (C=O) groups excluding carboxylic acids is 1. The van der Waals surface area contributed by atoms with Crippen molar-refractivity contribution in [1.29, 1.82) is 0 Å². The molecule has 1 saturated heterocycles. The Morgan fingerprint density at radius 3 is 2.65 bits per heavy atom. The van der Waals surface area contributed by atoms with Crippen molar-refractivity contribution >= 4 is 33.9 Å². The van der Waals surface area contributed by atoms with Crippen LogP contribution in [0.5, 0.6) is 0 Å². The van der Waals surface area contributed by atoms with Crippen LogP contribution in [0.1, 0.15) is 19.8 Å². The summed E-state index contributed by atoms with van der Waals surface area (Å²) in [6, 6.07) is 6.43. The lowest BCUT2D eigenvalue weighted by Crippen LogP contribution is -2.29. The molecule has 8 heteroatoms. The minimum atomic E-state index is 0.189. The van der Waals surface area contributed by atoms with Gasteiger partial charge >= 0.3 is 0 Å². The summed E-state index contributed by atoms with van der Waals surface area (Å²) in [6.07, 6.45) is 9.37. The van der Waals surface area contributed by atoms with Crippen LogP contribution in [0.3, 0.4) is 0 Å². The van der Waals surface area contributed by atoms with Crippen molar-refractivity contribution in [3.63, 3.8) is 0 Å². The minimum absolute atomic E-state index is 0.189. The van der Waals surface area contributed by atoms with E-state index in [-0.39, 0.29) is 5.91 Å². The molecule has 0 unspecified atom stereocenters. The predicted octanol–water partition coefficient (Wildman–Crippen LogP) is 3.24. The Bertz CT molecular complexity index is 1290. The molecule has 2 aliphatic rings. The third-order valence-corrected chi connectivity index (χ3v) is 6.74. The van der Waals surface area contributed by atoms with E-state index >= 15 is 0 Å². The Kier molecular flexibility index (Phi) is 4.12. The summed E-state index contributed by atoms with van der Waals surface area (Å²) < 4.78 is 0. The highest BCUT2D eigenvalue weighted by Gasteiger charge is 2.41. The number of fused-ring (bicyclic) bond motifs is 3. The van der Waals surface area contributed by atoms with Crippen molar-refractivity contribution < 1.29 is 4.79 Å². The number of aromatic nitrogens is 5. The first-order valence-corrected chi connectivity index (χ1v) is 10.7. The number of hydrogen-bond donors (Lipinski definition) is 2. The van der Waals surface area contributed by atoms with Crippen LogP contribution in [0.15, 0.2) is 43.0 Å². The number of nitrogens with one attached hydrogen (secondary N) is 2. The van der Waals surface area contributed by atoms with Crippen molar-refractivity contribution in [2.24, 2.45) is 11.8 Å². The summed E-state index contributed by atoms with van der Waals surface area (Å²) in [5.41, 5.74) is 4.66. The lowest BCUT2D eigenvalue weighted by atomic mass is 10.0. The monoisotopic (exact) mass is 413 g/mol. The summed E-state index contributed by atoms with van der Waals surface area (Å²) in [6.45, 7) is 3.43. The van der Waals surface area contributed by atoms with Gasteiger partial charge in [0.05, 0.1) is 11.0 Å². The maximum Gasteiger partial charge on any atom is 0.224 e. The molecular weight excluding hydrogens is 390 g/mol. The fourth-order valence-corrected chi connectivity index (χ4v) is 5.20. The number of benzene rings is 1. The number of H-pyrrole nitrogens is 1. The van der Waals surface area contributed by atoms with Gasteiger partial charge in [0, 0.05) is 61.8 Å². The van der Waals surface area contributed by atoms with Crippen LogP contribution >= 0.6 is 0 Å². The lowest BCUT2D eigenvalue weighted by Gasteiger charge is -2.18. The molecule has 156 valence electrons. The maximum atomic E-state index is 11.6. The topological polar surface area (TPSA) is 99.7 Å². The quantitative estimate of drug-likeness (QED) is 0.535. The fraction of sp³-hybridized carbons (Fsp3) is 0.348. The van der Waals surface area contributed by atoms with Gasteiger partial charge in [-0.3, -0.25) is 14.8 Å². The molecule has 1 saturated carbocycles. The molecule has 1 aromatic carbocycles. The van der Waals surface area contributed by atoms with E-state index in [1.165, 1.54) is 0 Å². The highest BCUT2D eigenvalue weighted by molar-refractivity contribution is 5.95. The van der Waals surface area contributed by atoms with Crippen molar-refractivity contribution in [1.82, 2.24) is 29.8 Å². The first-order valence-electron chi connectivity index (χ1n) is 10.7. The van der Waals surface area contributed by atoms with E-state index in [0.717, 1.165) is 59.1 Å². The molecule has 4 aromatic rings. The van der Waals surface area contributed by atoms with E-state index in [9.17, 15) is 4.79 Å². The standard InChI is InChI=1S/C23H23N7O/c1-13(31)30-11-15-6-17(7-16(15)12-30)28-23-27-10-19-18(9-26-22(19)29-23)14-2-3-20-21(8-14)25-5-4-24-20/h2-5,8-10,15-17H,6-7,11-12H2,1H3,(H2,26,27,28,29)/t15-,16+,17-. The van der Waals surface area contributed by atoms with Gasteiger partial charge in [-0.1, -0.05) is 6.07 Å². The van der Waals surface area contributed by atoms with E-state index in [4.69, 9.17) is 4.98 Å². The maximum absolute atomic E-state index is 11.6. The van der Waals surface area contributed by atoms with Gasteiger partial charge in [-0.2, -0.15) is 4.98 Å². The molecule has 31 heavy (non-hydrogen) atoms. The van der Waals surface area contributed by atoms with E-state index < -0.39 is 0 Å². The zero-order valence-corrected chi connectivity index (χ0v) is 17.2. The van der Waals surface area contributed by atoms with Crippen molar-refractivity contribution in [3.8, 4) is 11.1 Å². The number of aromatic amines is 1. The van der Waals surface area contributed by atoms with Crippen molar-refractivity contribution in [3.05, 3.63) is 43.0 Å². The summed E-state index contributed by atoms with van der Waals surface area (Å²) in [5, 5.41) is 4.50. The number of carbonyl (C=O) groups is 1. The average Bonchev–Trinajstić information content (AvgIpc) is 3.46. The molecule has 8 nitrogen and oxygen atoms in total. The SMILES string of the molecule is CC(=O)N1C[C@H]2C[C@@H](Nc3ncc4c(-c5ccc6nccnc6c5)c[nH]c4n3)C[C@H]2C1. The normalized spacial score (nSPS) is 22.9. The van der Waals surface area contributed by atoms with Crippen LogP contribution in [-0.4, -0.2) is 54.9 Å². The Morgan fingerprint density at radius 2 is 1.87 bits per heavy atom. The fourth-order valence-electron chi connectivity index (χ4n) is 5.20. The molecule has 1 aliphatic heterocycles. The zero-order chi connectivity index (χ0) is 20.9. The van der Waals surface area contributed by atoms with Gasteiger partial charge in [0.2, 0.25) is 11.9 Å². The minimum Gasteiger partial charge on any atom is -0.351 e. The van der Waals surface area contributed by atoms with E-state index in [1.807, 2.05) is 35.5 Å². The number of amides is 1. The van der Waals surface area contributed by atoms with Crippen LogP contribution in [0.25, 0.3) is 33.2 Å².